The summed E-state index contributed by atoms with van der Waals surface area (Å²) in [6.45, 7) is 0.277. The van der Waals surface area contributed by atoms with Crippen LogP contribution >= 0.6 is 11.3 Å². The average molecular weight is 477 g/mol. The summed E-state index contributed by atoms with van der Waals surface area (Å²) < 4.78 is 46.0. The van der Waals surface area contributed by atoms with Gasteiger partial charge in [0.15, 0.2) is 0 Å². The Kier molecular flexibility index (Phi) is 6.27. The molecule has 168 valence electrons. The molecule has 1 aliphatic rings. The predicted octanol–water partition coefficient (Wildman–Crippen LogP) is 3.87. The molecule has 0 bridgehead atoms. The van der Waals surface area contributed by atoms with Crippen molar-refractivity contribution in [2.75, 3.05) is 25.5 Å². The molecule has 1 amide bonds. The molecule has 0 radical (unpaired) electrons. The van der Waals surface area contributed by atoms with Gasteiger partial charge in [-0.1, -0.05) is 18.2 Å². The van der Waals surface area contributed by atoms with Gasteiger partial charge in [0.2, 0.25) is 15.9 Å². The van der Waals surface area contributed by atoms with Gasteiger partial charge >= 0.3 is 5.97 Å². The van der Waals surface area contributed by atoms with Crippen LogP contribution in [0.2, 0.25) is 0 Å². The molecule has 3 aromatic rings. The number of esters is 1. The number of fused-ring (bicyclic) bond motifs is 1. The molecule has 10 heteroatoms. The highest BCUT2D eigenvalue weighted by Crippen LogP contribution is 2.37. The number of halogens is 1. The number of carbonyl (C=O) groups excluding carboxylic acids is 2. The molecule has 1 fully saturated rings. The molecule has 0 saturated carbocycles. The Morgan fingerprint density at radius 2 is 1.88 bits per heavy atom. The summed E-state index contributed by atoms with van der Waals surface area (Å²) >= 11 is 1.22. The maximum absolute atomic E-state index is 13.2. The second kappa shape index (κ2) is 8.97. The van der Waals surface area contributed by atoms with Crippen LogP contribution in [0.5, 0.6) is 0 Å². The molecule has 1 saturated heterocycles. The Bertz CT molecular complexity index is 1270. The van der Waals surface area contributed by atoms with Crippen molar-refractivity contribution in [3.8, 4) is 0 Å². The van der Waals surface area contributed by atoms with Gasteiger partial charge in [-0.3, -0.25) is 4.79 Å². The van der Waals surface area contributed by atoms with Crippen LogP contribution in [0.4, 0.5) is 10.1 Å². The molecule has 4 rings (SSSR count). The first-order valence-electron chi connectivity index (χ1n) is 9.97. The molecule has 1 N–H and O–H groups in total. The number of amides is 1. The molecule has 32 heavy (non-hydrogen) atoms. The van der Waals surface area contributed by atoms with E-state index in [9.17, 15) is 22.4 Å². The predicted molar refractivity (Wildman–Crippen MR) is 120 cm³/mol. The number of hydrogen-bond donors (Lipinski definition) is 1. The fourth-order valence-corrected chi connectivity index (χ4v) is 6.36. The van der Waals surface area contributed by atoms with Crippen molar-refractivity contribution < 1.29 is 27.1 Å². The van der Waals surface area contributed by atoms with Crippen LogP contribution in [0.1, 0.15) is 22.5 Å². The van der Waals surface area contributed by atoms with Crippen LogP contribution in [-0.4, -0.2) is 44.8 Å². The van der Waals surface area contributed by atoms with E-state index in [0.29, 0.717) is 18.5 Å². The minimum Gasteiger partial charge on any atom is -0.465 e. The molecule has 0 spiro atoms. The van der Waals surface area contributed by atoms with Gasteiger partial charge in [-0.05, 0) is 43.2 Å². The number of thiophene rings is 1. The van der Waals surface area contributed by atoms with Crippen LogP contribution in [0.3, 0.4) is 0 Å². The molecular weight excluding hydrogens is 455 g/mol. The number of nitrogens with zero attached hydrogens (tertiary/aromatic N) is 1. The van der Waals surface area contributed by atoms with Crippen LogP contribution in [0.15, 0.2) is 53.4 Å². The van der Waals surface area contributed by atoms with Gasteiger partial charge in [0.05, 0.1) is 23.6 Å². The number of piperidine rings is 1. The Balaban J connectivity index is 1.57. The van der Waals surface area contributed by atoms with Crippen molar-refractivity contribution in [2.45, 2.75) is 17.7 Å². The van der Waals surface area contributed by atoms with E-state index in [4.69, 9.17) is 4.74 Å². The van der Waals surface area contributed by atoms with E-state index in [0.717, 1.165) is 22.2 Å². The van der Waals surface area contributed by atoms with Gasteiger partial charge in [-0.25, -0.2) is 17.6 Å². The number of methoxy groups -OCH3 is 1. The summed E-state index contributed by atoms with van der Waals surface area (Å²) in [6, 6.07) is 11.9. The molecule has 2 aromatic carbocycles. The Labute approximate surface area is 188 Å². The molecule has 0 aliphatic carbocycles. The highest BCUT2D eigenvalue weighted by Gasteiger charge is 2.34. The zero-order chi connectivity index (χ0) is 22.9. The van der Waals surface area contributed by atoms with E-state index < -0.39 is 27.7 Å². The van der Waals surface area contributed by atoms with E-state index in [1.807, 2.05) is 18.2 Å². The number of carbonyl (C=O) groups is 2. The number of nitrogens with one attached hydrogen (secondary N) is 1. The lowest BCUT2D eigenvalue weighted by Gasteiger charge is -2.31. The Morgan fingerprint density at radius 3 is 2.59 bits per heavy atom. The number of rotatable bonds is 5. The standard InChI is InChI=1S/C22H21FN2O5S2/c1-30-22(27)20-19(17-6-2-3-7-18(17)31-20)24-21(26)14-5-4-12-25(13-14)32(28,29)16-10-8-15(23)9-11-16/h2-3,6-11,14H,4-5,12-13H2,1H3,(H,24,26). The first-order valence-corrected chi connectivity index (χ1v) is 12.2. The van der Waals surface area contributed by atoms with Gasteiger partial charge in [0.1, 0.15) is 10.7 Å². The van der Waals surface area contributed by atoms with Crippen molar-refractivity contribution in [1.29, 1.82) is 0 Å². The van der Waals surface area contributed by atoms with E-state index in [1.54, 1.807) is 6.07 Å². The van der Waals surface area contributed by atoms with Crippen molar-refractivity contribution >= 4 is 49.0 Å². The minimum absolute atomic E-state index is 0.00116. The summed E-state index contributed by atoms with van der Waals surface area (Å²) in [5, 5.41) is 3.56. The molecular formula is C22H21FN2O5S2. The number of ether oxygens (including phenoxy) is 1. The molecule has 1 atom stereocenters. The smallest absolute Gasteiger partial charge is 0.350 e. The normalized spacial score (nSPS) is 17.2. The zero-order valence-electron chi connectivity index (χ0n) is 17.2. The lowest BCUT2D eigenvalue weighted by atomic mass is 9.98. The molecule has 1 unspecified atom stereocenters. The third-order valence-corrected chi connectivity index (χ3v) is 8.45. The lowest BCUT2D eigenvalue weighted by molar-refractivity contribution is -0.120. The summed E-state index contributed by atoms with van der Waals surface area (Å²) in [6.07, 6.45) is 1.02. The third-order valence-electron chi connectivity index (χ3n) is 5.42. The SMILES string of the molecule is COC(=O)c1sc2ccccc2c1NC(=O)C1CCCN(S(=O)(=O)c2ccc(F)cc2)C1. The van der Waals surface area contributed by atoms with E-state index >= 15 is 0 Å². The second-order valence-electron chi connectivity index (χ2n) is 7.44. The topological polar surface area (TPSA) is 92.8 Å². The lowest BCUT2D eigenvalue weighted by Crippen LogP contribution is -2.43. The number of hydrogen-bond acceptors (Lipinski definition) is 6. The number of anilines is 1. The first kappa shape index (κ1) is 22.4. The molecule has 2 heterocycles. The van der Waals surface area contributed by atoms with Crippen LogP contribution in [0.25, 0.3) is 10.1 Å². The van der Waals surface area contributed by atoms with Crippen LogP contribution < -0.4 is 5.32 Å². The van der Waals surface area contributed by atoms with E-state index in [-0.39, 0.29) is 28.8 Å². The van der Waals surface area contributed by atoms with Crippen molar-refractivity contribution in [2.24, 2.45) is 5.92 Å². The third kappa shape index (κ3) is 4.25. The van der Waals surface area contributed by atoms with Gasteiger partial charge < -0.3 is 10.1 Å². The average Bonchev–Trinajstić information content (AvgIpc) is 3.17. The van der Waals surface area contributed by atoms with Crippen molar-refractivity contribution in [1.82, 2.24) is 4.31 Å². The van der Waals surface area contributed by atoms with Crippen molar-refractivity contribution in [3.05, 3.63) is 59.2 Å². The Hall–Kier alpha value is -2.82. The van der Waals surface area contributed by atoms with Gasteiger partial charge in [-0.2, -0.15) is 4.31 Å². The highest BCUT2D eigenvalue weighted by atomic mass is 32.2. The van der Waals surface area contributed by atoms with E-state index in [2.05, 4.69) is 5.32 Å². The number of sulfonamides is 1. The highest BCUT2D eigenvalue weighted by molar-refractivity contribution is 7.89. The maximum atomic E-state index is 13.2. The van der Waals surface area contributed by atoms with Gasteiger partial charge in [0, 0.05) is 23.2 Å². The summed E-state index contributed by atoms with van der Waals surface area (Å²) in [5.74, 6) is -2.03. The van der Waals surface area contributed by atoms with Gasteiger partial charge in [-0.15, -0.1) is 11.3 Å². The summed E-state index contributed by atoms with van der Waals surface area (Å²) in [5.41, 5.74) is 0.376. The van der Waals surface area contributed by atoms with Gasteiger partial charge in [0.25, 0.3) is 0 Å². The van der Waals surface area contributed by atoms with Crippen molar-refractivity contribution in [3.63, 3.8) is 0 Å². The fraction of sp³-hybridized carbons (Fsp3) is 0.273. The quantitative estimate of drug-likeness (QED) is 0.565. The Morgan fingerprint density at radius 1 is 1.16 bits per heavy atom. The summed E-state index contributed by atoms with van der Waals surface area (Å²) in [4.78, 5) is 25.6. The van der Waals surface area contributed by atoms with Crippen LogP contribution in [-0.2, 0) is 19.6 Å². The van der Waals surface area contributed by atoms with Crippen LogP contribution in [0, 0.1) is 11.7 Å². The number of benzene rings is 2. The fourth-order valence-electron chi connectivity index (χ4n) is 3.76. The monoisotopic (exact) mass is 476 g/mol. The van der Waals surface area contributed by atoms with E-state index in [1.165, 1.54) is 34.9 Å². The zero-order valence-corrected chi connectivity index (χ0v) is 18.8. The second-order valence-corrected chi connectivity index (χ2v) is 10.4. The molecule has 7 nitrogen and oxygen atoms in total. The molecule has 1 aromatic heterocycles. The summed E-state index contributed by atoms with van der Waals surface area (Å²) in [7, 11) is -2.58. The maximum Gasteiger partial charge on any atom is 0.350 e. The first-order chi connectivity index (χ1) is 15.3. The largest absolute Gasteiger partial charge is 0.465 e. The minimum atomic E-state index is -3.85. The molecule has 1 aliphatic heterocycles.